The van der Waals surface area contributed by atoms with Crippen molar-refractivity contribution in [2.75, 3.05) is 40.8 Å². The fraction of sp³-hybridized carbons (Fsp3) is 0.625. The minimum Gasteiger partial charge on any atom is -0.496 e. The Kier molecular flexibility index (Phi) is 5.02. The molecule has 0 aliphatic carbocycles. The van der Waals surface area contributed by atoms with Crippen LogP contribution in [-0.2, 0) is 0 Å². The van der Waals surface area contributed by atoms with Gasteiger partial charge >= 0.3 is 0 Å². The predicted octanol–water partition coefficient (Wildman–Crippen LogP) is 1.58. The molecule has 2 N–H and O–H groups in total. The Morgan fingerprint density at radius 3 is 2.60 bits per heavy atom. The summed E-state index contributed by atoms with van der Waals surface area (Å²) in [7, 11) is 6.04. The van der Waals surface area contributed by atoms with Crippen molar-refractivity contribution in [1.82, 2.24) is 9.80 Å². The summed E-state index contributed by atoms with van der Waals surface area (Å²) in [6.45, 7) is 5.09. The Balaban J connectivity index is 2.21. The van der Waals surface area contributed by atoms with Gasteiger partial charge in [0.05, 0.1) is 13.2 Å². The molecule has 4 heteroatoms. The van der Waals surface area contributed by atoms with E-state index in [4.69, 9.17) is 10.5 Å². The second-order valence-corrected chi connectivity index (χ2v) is 5.96. The molecule has 0 amide bonds. The zero-order valence-corrected chi connectivity index (χ0v) is 13.0. The van der Waals surface area contributed by atoms with Gasteiger partial charge in [-0.2, -0.15) is 0 Å². The van der Waals surface area contributed by atoms with E-state index in [9.17, 15) is 0 Å². The molecule has 0 spiro atoms. The van der Waals surface area contributed by atoms with Gasteiger partial charge in [-0.25, -0.2) is 0 Å². The average molecular weight is 277 g/mol. The molecule has 0 radical (unpaired) electrons. The summed E-state index contributed by atoms with van der Waals surface area (Å²) < 4.78 is 5.50. The Bertz CT molecular complexity index is 435. The van der Waals surface area contributed by atoms with E-state index in [0.717, 1.165) is 18.8 Å². The molecule has 1 fully saturated rings. The number of ether oxygens (including phenoxy) is 1. The van der Waals surface area contributed by atoms with Crippen LogP contribution in [0.1, 0.15) is 18.5 Å². The molecule has 1 aromatic rings. The zero-order chi connectivity index (χ0) is 14.7. The minimum atomic E-state index is 0.235. The third-order valence-corrected chi connectivity index (χ3v) is 4.43. The molecule has 1 aromatic carbocycles. The number of likely N-dealkylation sites (N-methyl/N-ethyl adjacent to an activating group) is 1. The topological polar surface area (TPSA) is 41.7 Å². The van der Waals surface area contributed by atoms with Crippen molar-refractivity contribution < 1.29 is 4.74 Å². The molecule has 1 aliphatic rings. The van der Waals surface area contributed by atoms with Crippen LogP contribution < -0.4 is 10.5 Å². The molecule has 1 aliphatic heterocycles. The largest absolute Gasteiger partial charge is 0.496 e. The van der Waals surface area contributed by atoms with E-state index in [0.29, 0.717) is 18.5 Å². The number of nitrogens with two attached hydrogens (primary N) is 1. The van der Waals surface area contributed by atoms with E-state index in [1.54, 1.807) is 7.11 Å². The van der Waals surface area contributed by atoms with Gasteiger partial charge in [0.1, 0.15) is 5.75 Å². The van der Waals surface area contributed by atoms with Crippen molar-refractivity contribution in [2.24, 2.45) is 11.7 Å². The Labute approximate surface area is 122 Å². The highest BCUT2D eigenvalue weighted by molar-refractivity contribution is 5.36. The second kappa shape index (κ2) is 6.57. The van der Waals surface area contributed by atoms with Crippen molar-refractivity contribution in [3.63, 3.8) is 0 Å². The molecule has 2 rings (SSSR count). The molecule has 0 aromatic heterocycles. The van der Waals surface area contributed by atoms with E-state index >= 15 is 0 Å². The Morgan fingerprint density at radius 1 is 1.35 bits per heavy atom. The maximum absolute atomic E-state index is 6.06. The predicted molar refractivity (Wildman–Crippen MR) is 83.0 cm³/mol. The van der Waals surface area contributed by atoms with Crippen molar-refractivity contribution in [2.45, 2.75) is 19.0 Å². The molecular formula is C16H27N3O. The fourth-order valence-corrected chi connectivity index (χ4v) is 3.33. The lowest BCUT2D eigenvalue weighted by molar-refractivity contribution is 0.216. The van der Waals surface area contributed by atoms with Crippen LogP contribution in [0.4, 0.5) is 0 Å². The van der Waals surface area contributed by atoms with E-state index in [1.807, 2.05) is 12.1 Å². The minimum absolute atomic E-state index is 0.235. The first-order valence-electron chi connectivity index (χ1n) is 7.32. The molecule has 0 saturated carbocycles. The quantitative estimate of drug-likeness (QED) is 0.887. The van der Waals surface area contributed by atoms with Gasteiger partial charge in [-0.05, 0) is 26.1 Å². The fourth-order valence-electron chi connectivity index (χ4n) is 3.33. The van der Waals surface area contributed by atoms with Crippen LogP contribution in [-0.4, -0.2) is 56.7 Å². The third kappa shape index (κ3) is 2.97. The number of benzene rings is 1. The van der Waals surface area contributed by atoms with Crippen LogP contribution in [0.25, 0.3) is 0 Å². The lowest BCUT2D eigenvalue weighted by atomic mass is 10.0. The van der Waals surface area contributed by atoms with E-state index in [-0.39, 0.29) is 6.04 Å². The summed E-state index contributed by atoms with van der Waals surface area (Å²) in [4.78, 5) is 4.81. The molecular weight excluding hydrogens is 250 g/mol. The Hall–Kier alpha value is -1.10. The molecule has 3 unspecified atom stereocenters. The SMILES string of the molecule is COc1ccccc1C(CN)N1CC(C)C(N(C)C)C1. The first-order valence-corrected chi connectivity index (χ1v) is 7.32. The summed E-state index contributed by atoms with van der Waals surface area (Å²) in [5.74, 6) is 1.60. The van der Waals surface area contributed by atoms with E-state index in [2.05, 4.69) is 43.0 Å². The highest BCUT2D eigenvalue weighted by Crippen LogP contribution is 2.33. The van der Waals surface area contributed by atoms with E-state index < -0.39 is 0 Å². The first kappa shape index (κ1) is 15.3. The first-order chi connectivity index (χ1) is 9.58. The molecule has 20 heavy (non-hydrogen) atoms. The van der Waals surface area contributed by atoms with Crippen LogP contribution in [0.5, 0.6) is 5.75 Å². The molecule has 3 atom stereocenters. The maximum Gasteiger partial charge on any atom is 0.123 e. The van der Waals surface area contributed by atoms with Crippen molar-refractivity contribution in [3.8, 4) is 5.75 Å². The highest BCUT2D eigenvalue weighted by Gasteiger charge is 2.35. The van der Waals surface area contributed by atoms with Gasteiger partial charge in [0.2, 0.25) is 0 Å². The van der Waals surface area contributed by atoms with Crippen LogP contribution >= 0.6 is 0 Å². The van der Waals surface area contributed by atoms with Gasteiger partial charge in [0, 0.05) is 31.2 Å². The van der Waals surface area contributed by atoms with Gasteiger partial charge in [-0.3, -0.25) is 4.90 Å². The molecule has 112 valence electrons. The second-order valence-electron chi connectivity index (χ2n) is 5.96. The third-order valence-electron chi connectivity index (χ3n) is 4.43. The van der Waals surface area contributed by atoms with E-state index in [1.165, 1.54) is 5.56 Å². The standard InChI is InChI=1S/C16H27N3O/c1-12-10-19(11-15(12)18(2)3)14(9-17)13-7-5-6-8-16(13)20-4/h5-8,12,14-15H,9-11,17H2,1-4H3. The number of rotatable bonds is 5. The molecule has 4 nitrogen and oxygen atoms in total. The highest BCUT2D eigenvalue weighted by atomic mass is 16.5. The van der Waals surface area contributed by atoms with Gasteiger partial charge in [0.15, 0.2) is 0 Å². The number of hydrogen-bond acceptors (Lipinski definition) is 4. The van der Waals surface area contributed by atoms with Crippen molar-refractivity contribution >= 4 is 0 Å². The van der Waals surface area contributed by atoms with Crippen LogP contribution in [0, 0.1) is 5.92 Å². The maximum atomic E-state index is 6.06. The van der Waals surface area contributed by atoms with Crippen LogP contribution in [0.3, 0.4) is 0 Å². The lowest BCUT2D eigenvalue weighted by Crippen LogP contribution is -2.36. The normalized spacial score (nSPS) is 25.1. The monoisotopic (exact) mass is 277 g/mol. The van der Waals surface area contributed by atoms with Crippen molar-refractivity contribution in [1.29, 1.82) is 0 Å². The molecule has 1 saturated heterocycles. The van der Waals surface area contributed by atoms with Crippen LogP contribution in [0.2, 0.25) is 0 Å². The average Bonchev–Trinajstić information content (AvgIpc) is 2.82. The zero-order valence-electron chi connectivity index (χ0n) is 13.0. The summed E-state index contributed by atoms with van der Waals surface area (Å²) in [6, 6.07) is 9.04. The van der Waals surface area contributed by atoms with Crippen LogP contribution in [0.15, 0.2) is 24.3 Å². The number of methoxy groups -OCH3 is 1. The van der Waals surface area contributed by atoms with Gasteiger partial charge in [0.25, 0.3) is 0 Å². The number of para-hydroxylation sites is 1. The number of nitrogens with zero attached hydrogens (tertiary/aromatic N) is 2. The summed E-state index contributed by atoms with van der Waals surface area (Å²) in [5, 5.41) is 0. The summed E-state index contributed by atoms with van der Waals surface area (Å²) >= 11 is 0. The number of likely N-dealkylation sites (tertiary alicyclic amines) is 1. The molecule has 0 bridgehead atoms. The van der Waals surface area contributed by atoms with Gasteiger partial charge in [-0.1, -0.05) is 25.1 Å². The smallest absolute Gasteiger partial charge is 0.123 e. The summed E-state index contributed by atoms with van der Waals surface area (Å²) in [6.07, 6.45) is 0. The Morgan fingerprint density at radius 2 is 2.05 bits per heavy atom. The van der Waals surface area contributed by atoms with Gasteiger partial charge < -0.3 is 15.4 Å². The number of hydrogen-bond donors (Lipinski definition) is 1. The molecule has 1 heterocycles. The van der Waals surface area contributed by atoms with Crippen molar-refractivity contribution in [3.05, 3.63) is 29.8 Å². The van der Waals surface area contributed by atoms with Gasteiger partial charge in [-0.15, -0.1) is 0 Å². The lowest BCUT2D eigenvalue weighted by Gasteiger charge is -2.29. The summed E-state index contributed by atoms with van der Waals surface area (Å²) in [5.41, 5.74) is 7.26.